The Morgan fingerprint density at radius 2 is 1.78 bits per heavy atom. The smallest absolute Gasteiger partial charge is 0.447 e. The maximum Gasteiger partial charge on any atom is 0.573 e. The average molecular weight is 564 g/mol. The molecule has 9 nitrogen and oxygen atoms in total. The van der Waals surface area contributed by atoms with Crippen LogP contribution in [0, 0.1) is 6.92 Å². The normalized spacial score (nSPS) is 15.3. The van der Waals surface area contributed by atoms with Crippen molar-refractivity contribution >= 4 is 17.0 Å². The number of benzene rings is 2. The zero-order valence-electron chi connectivity index (χ0n) is 21.8. The first kappa shape index (κ1) is 26.5. The van der Waals surface area contributed by atoms with Crippen LogP contribution in [-0.4, -0.2) is 63.2 Å². The molecular formula is C29H24F3N5O4. The molecule has 6 rings (SSSR count). The molecule has 12 heteroatoms. The van der Waals surface area contributed by atoms with Crippen molar-refractivity contribution in [3.05, 3.63) is 96.0 Å². The minimum atomic E-state index is -4.82. The lowest BCUT2D eigenvalue weighted by atomic mass is 10.0. The molecule has 41 heavy (non-hydrogen) atoms. The predicted octanol–water partition coefficient (Wildman–Crippen LogP) is 5.63. The molecule has 4 heterocycles. The highest BCUT2D eigenvalue weighted by Gasteiger charge is 2.32. The highest BCUT2D eigenvalue weighted by molar-refractivity contribution is 5.93. The van der Waals surface area contributed by atoms with Crippen LogP contribution in [0.4, 0.5) is 13.2 Å². The molecule has 1 atom stereocenters. The lowest BCUT2D eigenvalue weighted by Crippen LogP contribution is -2.50. The molecule has 5 aromatic rings. The van der Waals surface area contributed by atoms with Crippen LogP contribution >= 0.6 is 0 Å². The van der Waals surface area contributed by atoms with Crippen molar-refractivity contribution in [2.75, 3.05) is 26.2 Å². The maximum atomic E-state index is 13.4. The van der Waals surface area contributed by atoms with Crippen LogP contribution in [-0.2, 0) is 0 Å². The van der Waals surface area contributed by atoms with Gasteiger partial charge in [-0.1, -0.05) is 30.3 Å². The molecule has 0 spiro atoms. The average Bonchev–Trinajstić information content (AvgIpc) is 3.59. The van der Waals surface area contributed by atoms with Crippen molar-refractivity contribution in [3.63, 3.8) is 0 Å². The zero-order valence-corrected chi connectivity index (χ0v) is 21.8. The fourth-order valence-corrected chi connectivity index (χ4v) is 4.90. The van der Waals surface area contributed by atoms with Gasteiger partial charge in [-0.15, -0.1) is 13.2 Å². The van der Waals surface area contributed by atoms with E-state index in [9.17, 15) is 18.0 Å². The van der Waals surface area contributed by atoms with Gasteiger partial charge in [-0.2, -0.15) is 0 Å². The molecule has 0 aliphatic carbocycles. The molecular weight excluding hydrogens is 539 g/mol. The maximum absolute atomic E-state index is 13.4. The van der Waals surface area contributed by atoms with Gasteiger partial charge >= 0.3 is 6.36 Å². The second kappa shape index (κ2) is 10.7. The van der Waals surface area contributed by atoms with Crippen LogP contribution in [0.5, 0.6) is 5.75 Å². The Kier molecular flexibility index (Phi) is 6.91. The monoisotopic (exact) mass is 563 g/mol. The van der Waals surface area contributed by atoms with Crippen molar-refractivity contribution in [2.24, 2.45) is 0 Å². The molecule has 1 aliphatic heterocycles. The van der Waals surface area contributed by atoms with E-state index in [1.165, 1.54) is 12.3 Å². The summed E-state index contributed by atoms with van der Waals surface area (Å²) in [5.74, 6) is 0.115. The number of aromatic nitrogens is 3. The van der Waals surface area contributed by atoms with Gasteiger partial charge in [0.1, 0.15) is 29.3 Å². The predicted molar refractivity (Wildman–Crippen MR) is 141 cm³/mol. The Balaban J connectivity index is 1.17. The number of carbonyl (C=O) groups excluding carboxylic acids is 1. The number of piperazine rings is 1. The third-order valence-electron chi connectivity index (χ3n) is 6.77. The molecule has 0 saturated carbocycles. The SMILES string of the molecule is Cc1coc(C(c2ccccc2)N2CCN(C(=O)c3cc(-c4nc5cc(OC(F)(F)F)ccc5o4)ccn3)CC2)n1. The van der Waals surface area contributed by atoms with Gasteiger partial charge in [0, 0.05) is 44.0 Å². The Bertz CT molecular complexity index is 1680. The molecule has 3 aromatic heterocycles. The quantitative estimate of drug-likeness (QED) is 0.262. The molecule has 0 radical (unpaired) electrons. The van der Waals surface area contributed by atoms with E-state index in [-0.39, 0.29) is 34.6 Å². The highest BCUT2D eigenvalue weighted by Crippen LogP contribution is 2.31. The number of fused-ring (bicyclic) bond motifs is 1. The van der Waals surface area contributed by atoms with E-state index in [0.29, 0.717) is 37.6 Å². The molecule has 0 N–H and O–H groups in total. The number of alkyl halides is 3. The van der Waals surface area contributed by atoms with E-state index in [1.807, 2.05) is 37.3 Å². The Hall–Kier alpha value is -4.71. The number of amides is 1. The molecule has 1 aliphatic rings. The van der Waals surface area contributed by atoms with Gasteiger partial charge in [0.2, 0.25) is 11.8 Å². The molecule has 1 fully saturated rings. The molecule has 2 aromatic carbocycles. The van der Waals surface area contributed by atoms with Gasteiger partial charge in [0.15, 0.2) is 5.58 Å². The Morgan fingerprint density at radius 3 is 2.49 bits per heavy atom. The summed E-state index contributed by atoms with van der Waals surface area (Å²) in [6.07, 6.45) is -1.71. The van der Waals surface area contributed by atoms with E-state index in [4.69, 9.17) is 8.83 Å². The van der Waals surface area contributed by atoms with Crippen LogP contribution in [0.15, 0.2) is 82.0 Å². The number of nitrogens with zero attached hydrogens (tertiary/aromatic N) is 5. The summed E-state index contributed by atoms with van der Waals surface area (Å²) in [7, 11) is 0. The fourth-order valence-electron chi connectivity index (χ4n) is 4.90. The lowest BCUT2D eigenvalue weighted by Gasteiger charge is -2.38. The molecule has 0 bridgehead atoms. The largest absolute Gasteiger partial charge is 0.573 e. The number of hydrogen-bond acceptors (Lipinski definition) is 8. The number of oxazole rings is 2. The number of halogens is 3. The first-order valence-electron chi connectivity index (χ1n) is 12.9. The van der Waals surface area contributed by atoms with E-state index in [0.717, 1.165) is 23.4 Å². The third-order valence-corrected chi connectivity index (χ3v) is 6.77. The van der Waals surface area contributed by atoms with Crippen LogP contribution < -0.4 is 4.74 Å². The van der Waals surface area contributed by atoms with Crippen LogP contribution in [0.3, 0.4) is 0 Å². The second-order valence-corrected chi connectivity index (χ2v) is 9.59. The summed E-state index contributed by atoms with van der Waals surface area (Å²) < 4.78 is 53.2. The molecule has 1 saturated heterocycles. The number of hydrogen-bond donors (Lipinski definition) is 0. The summed E-state index contributed by atoms with van der Waals surface area (Å²) in [5, 5.41) is 0. The summed E-state index contributed by atoms with van der Waals surface area (Å²) in [5.41, 5.74) is 3.01. The first-order chi connectivity index (χ1) is 19.7. The van der Waals surface area contributed by atoms with Gasteiger partial charge in [0.05, 0.1) is 5.69 Å². The molecule has 1 amide bonds. The minimum Gasteiger partial charge on any atom is -0.447 e. The van der Waals surface area contributed by atoms with Gasteiger partial charge in [-0.05, 0) is 36.8 Å². The minimum absolute atomic E-state index is 0.150. The number of carbonyl (C=O) groups is 1. The summed E-state index contributed by atoms with van der Waals surface area (Å²) in [6, 6.07) is 16.6. The van der Waals surface area contributed by atoms with Gasteiger partial charge < -0.3 is 18.5 Å². The number of aryl methyl sites for hydroxylation is 1. The first-order valence-corrected chi connectivity index (χ1v) is 12.9. The van der Waals surface area contributed by atoms with Crippen molar-refractivity contribution in [1.82, 2.24) is 24.8 Å². The Morgan fingerprint density at radius 1 is 1.00 bits per heavy atom. The van der Waals surface area contributed by atoms with Crippen LogP contribution in [0.2, 0.25) is 0 Å². The number of ether oxygens (including phenoxy) is 1. The Labute approximate surface area is 232 Å². The fraction of sp³-hybridized carbons (Fsp3) is 0.241. The van der Waals surface area contributed by atoms with E-state index in [2.05, 4.69) is 24.6 Å². The number of rotatable bonds is 6. The van der Waals surface area contributed by atoms with Crippen molar-refractivity contribution in [2.45, 2.75) is 19.3 Å². The molecule has 210 valence electrons. The van der Waals surface area contributed by atoms with Crippen molar-refractivity contribution < 1.29 is 31.5 Å². The highest BCUT2D eigenvalue weighted by atomic mass is 19.4. The summed E-state index contributed by atoms with van der Waals surface area (Å²) >= 11 is 0. The molecule has 1 unspecified atom stereocenters. The van der Waals surface area contributed by atoms with Crippen molar-refractivity contribution in [1.29, 1.82) is 0 Å². The van der Waals surface area contributed by atoms with Crippen LogP contribution in [0.1, 0.15) is 33.7 Å². The second-order valence-electron chi connectivity index (χ2n) is 9.59. The van der Waals surface area contributed by atoms with E-state index < -0.39 is 12.1 Å². The van der Waals surface area contributed by atoms with Gasteiger partial charge in [-0.3, -0.25) is 14.7 Å². The topological polar surface area (TPSA) is 97.7 Å². The lowest BCUT2D eigenvalue weighted by molar-refractivity contribution is -0.274. The number of pyridine rings is 1. The third kappa shape index (κ3) is 5.78. The van der Waals surface area contributed by atoms with E-state index in [1.54, 1.807) is 23.3 Å². The van der Waals surface area contributed by atoms with Crippen molar-refractivity contribution in [3.8, 4) is 17.2 Å². The van der Waals surface area contributed by atoms with Gasteiger partial charge in [-0.25, -0.2) is 9.97 Å². The van der Waals surface area contributed by atoms with E-state index >= 15 is 0 Å². The standard InChI is InChI=1S/C29H24F3N5O4/c1-18-17-39-27(34-18)25(19-5-3-2-4-6-19)36-11-13-37(14-12-36)28(38)23-15-20(9-10-33-23)26-35-22-16-21(41-29(30,31)32)7-8-24(22)40-26/h2-10,15-17,25H,11-14H2,1H3. The summed E-state index contributed by atoms with van der Waals surface area (Å²) in [6.45, 7) is 4.02. The zero-order chi connectivity index (χ0) is 28.6. The van der Waals surface area contributed by atoms with Gasteiger partial charge in [0.25, 0.3) is 5.91 Å². The van der Waals surface area contributed by atoms with Crippen LogP contribution in [0.25, 0.3) is 22.6 Å². The summed E-state index contributed by atoms with van der Waals surface area (Å²) in [4.78, 5) is 30.5.